The summed E-state index contributed by atoms with van der Waals surface area (Å²) in [6.45, 7) is 2.03. The molecule has 1 heterocycles. The Kier molecular flexibility index (Phi) is 5.15. The van der Waals surface area contributed by atoms with Crippen molar-refractivity contribution in [2.24, 2.45) is 0 Å². The van der Waals surface area contributed by atoms with Crippen LogP contribution in [-0.4, -0.2) is 24.4 Å². The Morgan fingerprint density at radius 1 is 1.50 bits per heavy atom. The molecule has 0 spiro atoms. The molecule has 0 fully saturated rings. The molecule has 2 unspecified atom stereocenters. The molecule has 1 aromatic heterocycles. The number of thiophene rings is 1. The maximum Gasteiger partial charge on any atom is 0.0581 e. The van der Waals surface area contributed by atoms with Crippen molar-refractivity contribution in [3.8, 4) is 0 Å². The maximum atomic E-state index is 9.71. The molecule has 2 atom stereocenters. The summed E-state index contributed by atoms with van der Waals surface area (Å²) in [5.41, 5.74) is 1.23. The Hall–Kier alpha value is -0.380. The van der Waals surface area contributed by atoms with Crippen molar-refractivity contribution in [3.63, 3.8) is 0 Å². The van der Waals surface area contributed by atoms with Crippen LogP contribution in [0.5, 0.6) is 0 Å². The first-order valence-electron chi connectivity index (χ1n) is 4.94. The van der Waals surface area contributed by atoms with E-state index in [-0.39, 0.29) is 12.2 Å². The smallest absolute Gasteiger partial charge is 0.0581 e. The lowest BCUT2D eigenvalue weighted by atomic mass is 10.1. The summed E-state index contributed by atoms with van der Waals surface area (Å²) in [5, 5.41) is 13.8. The summed E-state index contributed by atoms with van der Waals surface area (Å²) >= 11 is 1.67. The number of aliphatic hydroxyl groups excluding tert-OH is 1. The van der Waals surface area contributed by atoms with Gasteiger partial charge in [-0.15, -0.1) is 0 Å². The highest BCUT2D eigenvalue weighted by molar-refractivity contribution is 7.07. The molecule has 80 valence electrons. The zero-order chi connectivity index (χ0) is 10.4. The molecule has 1 N–H and O–H groups in total. The molecule has 0 aliphatic carbocycles. The minimum Gasteiger partial charge on any atom is -0.393 e. The highest BCUT2D eigenvalue weighted by Crippen LogP contribution is 2.12. The second-order valence-corrected chi connectivity index (χ2v) is 4.39. The second kappa shape index (κ2) is 6.17. The lowest BCUT2D eigenvalue weighted by Gasteiger charge is -2.13. The van der Waals surface area contributed by atoms with Gasteiger partial charge in [-0.3, -0.25) is 0 Å². The molecule has 1 aromatic rings. The number of rotatable bonds is 6. The number of aliphatic hydroxyl groups is 1. The molecule has 0 aliphatic rings. The van der Waals surface area contributed by atoms with Gasteiger partial charge in [0.25, 0.3) is 0 Å². The number of hydrogen-bond acceptors (Lipinski definition) is 3. The van der Waals surface area contributed by atoms with Crippen molar-refractivity contribution in [3.05, 3.63) is 22.4 Å². The number of methoxy groups -OCH3 is 1. The van der Waals surface area contributed by atoms with Crippen LogP contribution in [0.4, 0.5) is 0 Å². The van der Waals surface area contributed by atoms with Crippen LogP contribution < -0.4 is 0 Å². The SMILES string of the molecule is COC(C)CCC(O)Cc1ccsc1. The van der Waals surface area contributed by atoms with Crippen molar-refractivity contribution in [2.75, 3.05) is 7.11 Å². The quantitative estimate of drug-likeness (QED) is 0.788. The third kappa shape index (κ3) is 4.22. The van der Waals surface area contributed by atoms with Gasteiger partial charge in [-0.25, -0.2) is 0 Å². The van der Waals surface area contributed by atoms with Crippen molar-refractivity contribution in [1.29, 1.82) is 0 Å². The van der Waals surface area contributed by atoms with E-state index in [0.29, 0.717) is 0 Å². The molecule has 0 aliphatic heterocycles. The third-order valence-electron chi connectivity index (χ3n) is 2.36. The fourth-order valence-electron chi connectivity index (χ4n) is 1.33. The van der Waals surface area contributed by atoms with Gasteiger partial charge >= 0.3 is 0 Å². The summed E-state index contributed by atoms with van der Waals surface area (Å²) in [4.78, 5) is 0. The van der Waals surface area contributed by atoms with Gasteiger partial charge in [0.05, 0.1) is 12.2 Å². The normalized spacial score (nSPS) is 15.4. The van der Waals surface area contributed by atoms with Gasteiger partial charge in [-0.05, 0) is 48.6 Å². The highest BCUT2D eigenvalue weighted by atomic mass is 32.1. The molecular weight excluding hydrogens is 196 g/mol. The molecule has 0 bridgehead atoms. The first-order chi connectivity index (χ1) is 6.72. The standard InChI is InChI=1S/C11H18O2S/c1-9(13-2)3-4-11(12)7-10-5-6-14-8-10/h5-6,8-9,11-12H,3-4,7H2,1-2H3. The molecule has 0 aromatic carbocycles. The van der Waals surface area contributed by atoms with Crippen molar-refractivity contribution in [1.82, 2.24) is 0 Å². The van der Waals surface area contributed by atoms with Crippen LogP contribution in [-0.2, 0) is 11.2 Å². The predicted octanol–water partition coefficient (Wildman–Crippen LogP) is 2.47. The third-order valence-corrected chi connectivity index (χ3v) is 3.09. The van der Waals surface area contributed by atoms with E-state index in [9.17, 15) is 5.11 Å². The summed E-state index contributed by atoms with van der Waals surface area (Å²) < 4.78 is 5.13. The Balaban J connectivity index is 2.19. The van der Waals surface area contributed by atoms with Gasteiger partial charge in [-0.1, -0.05) is 0 Å². The molecule has 0 radical (unpaired) electrons. The monoisotopic (exact) mass is 214 g/mol. The van der Waals surface area contributed by atoms with Crippen molar-refractivity contribution < 1.29 is 9.84 Å². The zero-order valence-electron chi connectivity index (χ0n) is 8.77. The molecule has 1 rings (SSSR count). The molecule has 0 saturated carbocycles. The Labute approximate surface area is 89.5 Å². The van der Waals surface area contributed by atoms with Crippen LogP contribution >= 0.6 is 11.3 Å². The zero-order valence-corrected chi connectivity index (χ0v) is 9.59. The van der Waals surface area contributed by atoms with Gasteiger partial charge < -0.3 is 9.84 Å². The Morgan fingerprint density at radius 3 is 2.86 bits per heavy atom. The minimum absolute atomic E-state index is 0.234. The van der Waals surface area contributed by atoms with E-state index in [1.54, 1.807) is 18.4 Å². The lowest BCUT2D eigenvalue weighted by molar-refractivity contribution is 0.0852. The summed E-state index contributed by atoms with van der Waals surface area (Å²) in [6.07, 6.45) is 2.50. The van der Waals surface area contributed by atoms with Crippen LogP contribution in [0.1, 0.15) is 25.3 Å². The molecule has 0 amide bonds. The molecule has 14 heavy (non-hydrogen) atoms. The summed E-state index contributed by atoms with van der Waals surface area (Å²) in [6, 6.07) is 2.06. The maximum absolute atomic E-state index is 9.71. The number of ether oxygens (including phenoxy) is 1. The highest BCUT2D eigenvalue weighted by Gasteiger charge is 2.08. The first-order valence-corrected chi connectivity index (χ1v) is 5.88. The molecule has 2 nitrogen and oxygen atoms in total. The molecule has 0 saturated heterocycles. The lowest BCUT2D eigenvalue weighted by Crippen LogP contribution is -2.14. The van der Waals surface area contributed by atoms with Crippen LogP contribution in [0.25, 0.3) is 0 Å². The van der Waals surface area contributed by atoms with Gasteiger partial charge in [-0.2, -0.15) is 11.3 Å². The topological polar surface area (TPSA) is 29.5 Å². The average Bonchev–Trinajstić information content (AvgIpc) is 2.66. The fourth-order valence-corrected chi connectivity index (χ4v) is 2.01. The van der Waals surface area contributed by atoms with E-state index in [4.69, 9.17) is 4.74 Å². The predicted molar refractivity (Wildman–Crippen MR) is 59.7 cm³/mol. The van der Waals surface area contributed by atoms with Crippen LogP contribution in [0.3, 0.4) is 0 Å². The Morgan fingerprint density at radius 2 is 2.29 bits per heavy atom. The van der Waals surface area contributed by atoms with Crippen LogP contribution in [0, 0.1) is 0 Å². The van der Waals surface area contributed by atoms with E-state index >= 15 is 0 Å². The van der Waals surface area contributed by atoms with Crippen molar-refractivity contribution in [2.45, 2.75) is 38.4 Å². The first kappa shape index (κ1) is 11.7. The van der Waals surface area contributed by atoms with Gasteiger partial charge in [0.2, 0.25) is 0 Å². The summed E-state index contributed by atoms with van der Waals surface area (Å²) in [5.74, 6) is 0. The fraction of sp³-hybridized carbons (Fsp3) is 0.636. The van der Waals surface area contributed by atoms with E-state index in [1.165, 1.54) is 5.56 Å². The van der Waals surface area contributed by atoms with Gasteiger partial charge in [0.15, 0.2) is 0 Å². The summed E-state index contributed by atoms with van der Waals surface area (Å²) in [7, 11) is 1.70. The van der Waals surface area contributed by atoms with Gasteiger partial charge in [0.1, 0.15) is 0 Å². The average molecular weight is 214 g/mol. The molecule has 3 heteroatoms. The second-order valence-electron chi connectivity index (χ2n) is 3.61. The van der Waals surface area contributed by atoms with E-state index in [1.807, 2.05) is 12.3 Å². The van der Waals surface area contributed by atoms with E-state index in [0.717, 1.165) is 19.3 Å². The Bertz CT molecular complexity index is 233. The van der Waals surface area contributed by atoms with E-state index < -0.39 is 0 Å². The number of hydrogen-bond donors (Lipinski definition) is 1. The van der Waals surface area contributed by atoms with Crippen LogP contribution in [0.2, 0.25) is 0 Å². The minimum atomic E-state index is -0.234. The van der Waals surface area contributed by atoms with Crippen LogP contribution in [0.15, 0.2) is 16.8 Å². The van der Waals surface area contributed by atoms with Crippen molar-refractivity contribution >= 4 is 11.3 Å². The van der Waals surface area contributed by atoms with E-state index in [2.05, 4.69) is 11.4 Å². The molecular formula is C11H18O2S. The largest absolute Gasteiger partial charge is 0.393 e. The van der Waals surface area contributed by atoms with Gasteiger partial charge in [0, 0.05) is 7.11 Å².